The van der Waals surface area contributed by atoms with Crippen LogP contribution in [-0.2, 0) is 14.3 Å². The molecule has 0 heterocycles. The maximum Gasteiger partial charge on any atom is 0.334 e. The zero-order valence-corrected chi connectivity index (χ0v) is 13.1. The van der Waals surface area contributed by atoms with Gasteiger partial charge in [0.2, 0.25) is 6.23 Å². The number of aliphatic carboxylic acids is 1. The highest BCUT2D eigenvalue weighted by Gasteiger charge is 2.27. The van der Waals surface area contributed by atoms with Crippen molar-refractivity contribution in [2.24, 2.45) is 0 Å². The quantitative estimate of drug-likeness (QED) is 0.220. The summed E-state index contributed by atoms with van der Waals surface area (Å²) < 4.78 is 5.75. The second-order valence-electron chi connectivity index (χ2n) is 5.84. The summed E-state index contributed by atoms with van der Waals surface area (Å²) >= 11 is 0. The van der Waals surface area contributed by atoms with E-state index in [9.17, 15) is 9.59 Å². The lowest BCUT2D eigenvalue weighted by Gasteiger charge is -2.32. The molecule has 0 aliphatic heterocycles. The molecule has 1 atom stereocenters. The number of hydrogen-bond donors (Lipinski definition) is 1. The van der Waals surface area contributed by atoms with E-state index in [1.807, 2.05) is 27.2 Å². The molecular formula is C15H28NO4+. The van der Waals surface area contributed by atoms with Crippen molar-refractivity contribution in [3.63, 3.8) is 0 Å². The molecule has 0 amide bonds. The van der Waals surface area contributed by atoms with Crippen LogP contribution in [0.15, 0.2) is 12.2 Å². The maximum absolute atomic E-state index is 11.7. The Morgan fingerprint density at radius 2 is 1.90 bits per heavy atom. The number of carboxylic acid groups (broad SMARTS) is 1. The lowest BCUT2D eigenvalue weighted by atomic mass is 10.2. The molecule has 0 aromatic rings. The Kier molecular flexibility index (Phi) is 8.88. The van der Waals surface area contributed by atoms with Gasteiger partial charge in [0.25, 0.3) is 0 Å². The summed E-state index contributed by atoms with van der Waals surface area (Å²) in [5.41, 5.74) is 0. The summed E-state index contributed by atoms with van der Waals surface area (Å²) in [4.78, 5) is 22.3. The summed E-state index contributed by atoms with van der Waals surface area (Å²) in [6.07, 6.45) is 7.36. The molecule has 20 heavy (non-hydrogen) atoms. The minimum Gasteiger partial charge on any atom is -0.481 e. The molecule has 0 aliphatic carbocycles. The number of quaternary nitrogens is 1. The first kappa shape index (κ1) is 18.6. The second-order valence-corrected chi connectivity index (χ2v) is 5.84. The molecule has 5 nitrogen and oxygen atoms in total. The fourth-order valence-electron chi connectivity index (χ4n) is 1.72. The van der Waals surface area contributed by atoms with Gasteiger partial charge in [-0.05, 0) is 12.8 Å². The molecule has 0 unspecified atom stereocenters. The van der Waals surface area contributed by atoms with Gasteiger partial charge in [-0.25, -0.2) is 4.79 Å². The molecule has 0 aromatic carbocycles. The molecular weight excluding hydrogens is 258 g/mol. The van der Waals surface area contributed by atoms with Crippen molar-refractivity contribution in [3.8, 4) is 0 Å². The third-order valence-electron chi connectivity index (χ3n) is 2.95. The van der Waals surface area contributed by atoms with Crippen LogP contribution in [0.4, 0.5) is 0 Å². The number of esters is 1. The van der Waals surface area contributed by atoms with Crippen LogP contribution in [0.5, 0.6) is 0 Å². The van der Waals surface area contributed by atoms with Crippen LogP contribution < -0.4 is 0 Å². The van der Waals surface area contributed by atoms with Crippen molar-refractivity contribution in [1.82, 2.24) is 0 Å². The smallest absolute Gasteiger partial charge is 0.334 e. The highest BCUT2D eigenvalue weighted by molar-refractivity contribution is 5.81. The van der Waals surface area contributed by atoms with Gasteiger partial charge in [0.05, 0.1) is 27.6 Å². The highest BCUT2D eigenvalue weighted by atomic mass is 16.6. The van der Waals surface area contributed by atoms with Gasteiger partial charge in [-0.1, -0.05) is 25.8 Å². The van der Waals surface area contributed by atoms with Gasteiger partial charge in [0.15, 0.2) is 0 Å². The predicted molar refractivity (Wildman–Crippen MR) is 78.1 cm³/mol. The van der Waals surface area contributed by atoms with E-state index in [1.54, 1.807) is 0 Å². The number of rotatable bonds is 10. The normalized spacial score (nSPS) is 13.4. The summed E-state index contributed by atoms with van der Waals surface area (Å²) in [7, 11) is 5.64. The molecule has 0 saturated heterocycles. The molecule has 0 rings (SSSR count). The topological polar surface area (TPSA) is 63.6 Å². The summed E-state index contributed by atoms with van der Waals surface area (Å²) in [5, 5.41) is 8.72. The van der Waals surface area contributed by atoms with Crippen LogP contribution in [-0.4, -0.2) is 48.9 Å². The van der Waals surface area contributed by atoms with E-state index in [1.165, 1.54) is 6.08 Å². The number of ether oxygens (including phenoxy) is 1. The van der Waals surface area contributed by atoms with Crippen molar-refractivity contribution in [1.29, 1.82) is 0 Å². The Balaban J connectivity index is 4.28. The SMILES string of the molecule is CCCCC/C=C/C(=O)O[C@@H](CCC(=O)O)[N+](C)(C)C. The van der Waals surface area contributed by atoms with Crippen LogP contribution in [0.3, 0.4) is 0 Å². The minimum absolute atomic E-state index is 0.00627. The maximum atomic E-state index is 11.7. The second kappa shape index (κ2) is 9.53. The number of carbonyl (C=O) groups excluding carboxylic acids is 1. The standard InChI is InChI=1S/C15H27NO4/c1-5-6-7-8-9-10-15(19)20-13(16(2,3)4)11-12-14(17)18/h9-10,13H,5-8,11-12H2,1-4H3/p+1/b10-9+/t13-/m0/s1. The highest BCUT2D eigenvalue weighted by Crippen LogP contribution is 2.12. The number of unbranched alkanes of at least 4 members (excludes halogenated alkanes) is 3. The van der Waals surface area contributed by atoms with Crippen molar-refractivity contribution < 1.29 is 23.9 Å². The summed E-state index contributed by atoms with van der Waals surface area (Å²) in [6.45, 7) is 2.13. The fraction of sp³-hybridized carbons (Fsp3) is 0.733. The monoisotopic (exact) mass is 286 g/mol. The average Bonchev–Trinajstić information content (AvgIpc) is 2.32. The average molecular weight is 286 g/mol. The third kappa shape index (κ3) is 9.55. The molecule has 1 N–H and O–H groups in total. The first-order valence-corrected chi connectivity index (χ1v) is 7.17. The van der Waals surface area contributed by atoms with Gasteiger partial charge in [-0.15, -0.1) is 0 Å². The molecule has 0 aliphatic rings. The van der Waals surface area contributed by atoms with Gasteiger partial charge >= 0.3 is 11.9 Å². The third-order valence-corrected chi connectivity index (χ3v) is 2.95. The van der Waals surface area contributed by atoms with Crippen molar-refractivity contribution in [2.75, 3.05) is 21.1 Å². The molecule has 0 fully saturated rings. The fourth-order valence-corrected chi connectivity index (χ4v) is 1.72. The van der Waals surface area contributed by atoms with Gasteiger partial charge in [0.1, 0.15) is 0 Å². The Morgan fingerprint density at radius 3 is 2.40 bits per heavy atom. The van der Waals surface area contributed by atoms with E-state index in [4.69, 9.17) is 9.84 Å². The Bertz CT molecular complexity index is 331. The van der Waals surface area contributed by atoms with E-state index < -0.39 is 18.2 Å². The zero-order valence-electron chi connectivity index (χ0n) is 13.1. The van der Waals surface area contributed by atoms with Crippen molar-refractivity contribution >= 4 is 11.9 Å². The van der Waals surface area contributed by atoms with E-state index >= 15 is 0 Å². The molecule has 0 bridgehead atoms. The van der Waals surface area contributed by atoms with Gasteiger partial charge in [0, 0.05) is 12.5 Å². The number of carboxylic acids is 1. The first-order valence-electron chi connectivity index (χ1n) is 7.17. The lowest BCUT2D eigenvalue weighted by Crippen LogP contribution is -2.47. The van der Waals surface area contributed by atoms with Gasteiger partial charge in [-0.3, -0.25) is 9.28 Å². The van der Waals surface area contributed by atoms with Crippen LogP contribution >= 0.6 is 0 Å². The predicted octanol–water partition coefficient (Wildman–Crippen LogP) is 2.56. The van der Waals surface area contributed by atoms with Gasteiger partial charge < -0.3 is 9.84 Å². The van der Waals surface area contributed by atoms with E-state index in [0.29, 0.717) is 10.9 Å². The van der Waals surface area contributed by atoms with Crippen LogP contribution in [0.25, 0.3) is 0 Å². The Hall–Kier alpha value is -1.36. The van der Waals surface area contributed by atoms with Crippen molar-refractivity contribution in [3.05, 3.63) is 12.2 Å². The summed E-state index contributed by atoms with van der Waals surface area (Å²) in [5.74, 6) is -1.28. The molecule has 0 saturated carbocycles. The van der Waals surface area contributed by atoms with Gasteiger partial charge in [-0.2, -0.15) is 0 Å². The summed E-state index contributed by atoms with van der Waals surface area (Å²) in [6, 6.07) is 0. The van der Waals surface area contributed by atoms with E-state index in [0.717, 1.165) is 25.7 Å². The molecule has 5 heteroatoms. The lowest BCUT2D eigenvalue weighted by molar-refractivity contribution is -0.917. The minimum atomic E-state index is -0.880. The Morgan fingerprint density at radius 1 is 1.25 bits per heavy atom. The number of allylic oxidation sites excluding steroid dienone is 1. The van der Waals surface area contributed by atoms with E-state index in [2.05, 4.69) is 6.92 Å². The van der Waals surface area contributed by atoms with E-state index in [-0.39, 0.29) is 6.42 Å². The molecule has 116 valence electrons. The number of carbonyl (C=O) groups is 2. The largest absolute Gasteiger partial charge is 0.481 e. The molecule has 0 aromatic heterocycles. The van der Waals surface area contributed by atoms with Crippen LogP contribution in [0, 0.1) is 0 Å². The van der Waals surface area contributed by atoms with Crippen LogP contribution in [0.2, 0.25) is 0 Å². The number of hydrogen-bond acceptors (Lipinski definition) is 3. The Labute approximate surface area is 121 Å². The van der Waals surface area contributed by atoms with Crippen LogP contribution in [0.1, 0.15) is 45.4 Å². The van der Waals surface area contributed by atoms with Crippen molar-refractivity contribution in [2.45, 2.75) is 51.7 Å². The zero-order chi connectivity index (χ0) is 15.6. The molecule has 0 radical (unpaired) electrons. The molecule has 0 spiro atoms. The number of nitrogens with zero attached hydrogens (tertiary/aromatic N) is 1. The first-order chi connectivity index (χ1) is 9.27.